The Hall–Kier alpha value is -1.06. The van der Waals surface area contributed by atoms with Gasteiger partial charge in [-0.15, -0.1) is 0 Å². The van der Waals surface area contributed by atoms with Gasteiger partial charge < -0.3 is 14.8 Å². The van der Waals surface area contributed by atoms with Gasteiger partial charge in [-0.05, 0) is 37.5 Å². The number of methoxy groups -OCH3 is 1. The highest BCUT2D eigenvalue weighted by atomic mass is 16.5. The quantitative estimate of drug-likeness (QED) is 0.660. The predicted molar refractivity (Wildman–Crippen MR) is 79.9 cm³/mol. The molecule has 0 saturated carbocycles. The maximum absolute atomic E-state index is 5.85. The largest absolute Gasteiger partial charge is 0.489 e. The van der Waals surface area contributed by atoms with Gasteiger partial charge in [0.1, 0.15) is 11.9 Å². The second-order valence-electron chi connectivity index (χ2n) is 4.87. The van der Waals surface area contributed by atoms with E-state index >= 15 is 0 Å². The molecule has 1 aromatic carbocycles. The van der Waals surface area contributed by atoms with Crippen molar-refractivity contribution < 1.29 is 9.47 Å². The number of hydrogen-bond donors (Lipinski definition) is 1. The van der Waals surface area contributed by atoms with Crippen molar-refractivity contribution in [2.75, 3.05) is 26.8 Å². The topological polar surface area (TPSA) is 30.5 Å². The van der Waals surface area contributed by atoms with Crippen LogP contribution in [-0.2, 0) is 11.2 Å². The summed E-state index contributed by atoms with van der Waals surface area (Å²) >= 11 is 0. The van der Waals surface area contributed by atoms with Gasteiger partial charge in [0.15, 0.2) is 0 Å². The third kappa shape index (κ3) is 7.19. The van der Waals surface area contributed by atoms with Crippen LogP contribution in [0, 0.1) is 0 Å². The molecule has 3 nitrogen and oxygen atoms in total. The van der Waals surface area contributed by atoms with E-state index in [1.165, 1.54) is 18.4 Å². The van der Waals surface area contributed by atoms with Crippen LogP contribution in [0.2, 0.25) is 0 Å². The molecule has 1 rings (SSSR count). The summed E-state index contributed by atoms with van der Waals surface area (Å²) < 4.78 is 10.8. The Morgan fingerprint density at radius 2 is 1.95 bits per heavy atom. The van der Waals surface area contributed by atoms with Crippen molar-refractivity contribution in [1.82, 2.24) is 5.32 Å². The van der Waals surface area contributed by atoms with E-state index in [-0.39, 0.29) is 6.10 Å². The molecule has 0 fully saturated rings. The predicted octanol–water partition coefficient (Wildman–Crippen LogP) is 3.03. The zero-order chi connectivity index (χ0) is 13.9. The average molecular weight is 265 g/mol. The summed E-state index contributed by atoms with van der Waals surface area (Å²) in [6.45, 7) is 6.72. The van der Waals surface area contributed by atoms with Crippen LogP contribution >= 0.6 is 0 Å². The molecule has 0 heterocycles. The molecule has 0 aromatic heterocycles. The van der Waals surface area contributed by atoms with Crippen LogP contribution in [0.4, 0.5) is 0 Å². The number of hydrogen-bond acceptors (Lipinski definition) is 3. The lowest BCUT2D eigenvalue weighted by Crippen LogP contribution is -2.31. The third-order valence-corrected chi connectivity index (χ3v) is 2.99. The van der Waals surface area contributed by atoms with Crippen molar-refractivity contribution in [2.24, 2.45) is 0 Å². The molecule has 1 unspecified atom stereocenters. The zero-order valence-electron chi connectivity index (χ0n) is 12.4. The zero-order valence-corrected chi connectivity index (χ0v) is 12.4. The Morgan fingerprint density at radius 3 is 2.58 bits per heavy atom. The maximum atomic E-state index is 5.85. The second-order valence-corrected chi connectivity index (χ2v) is 4.87. The highest BCUT2D eigenvalue weighted by molar-refractivity contribution is 5.27. The molecule has 0 saturated heterocycles. The van der Waals surface area contributed by atoms with Crippen molar-refractivity contribution in [2.45, 2.75) is 39.2 Å². The van der Waals surface area contributed by atoms with Gasteiger partial charge >= 0.3 is 0 Å². The molecule has 108 valence electrons. The van der Waals surface area contributed by atoms with Crippen molar-refractivity contribution in [3.05, 3.63) is 29.8 Å². The van der Waals surface area contributed by atoms with Gasteiger partial charge in [-0.2, -0.15) is 0 Å². The number of benzene rings is 1. The Labute approximate surface area is 117 Å². The summed E-state index contributed by atoms with van der Waals surface area (Å²) in [5, 5.41) is 3.30. The van der Waals surface area contributed by atoms with Crippen LogP contribution in [0.15, 0.2) is 24.3 Å². The Balaban J connectivity index is 2.27. The smallest absolute Gasteiger partial charge is 0.119 e. The van der Waals surface area contributed by atoms with Gasteiger partial charge in [-0.25, -0.2) is 0 Å². The van der Waals surface area contributed by atoms with Gasteiger partial charge in [0.05, 0.1) is 6.61 Å². The minimum Gasteiger partial charge on any atom is -0.489 e. The lowest BCUT2D eigenvalue weighted by Gasteiger charge is -2.15. The second kappa shape index (κ2) is 9.82. The molecular weight excluding hydrogens is 238 g/mol. The number of unbranched alkanes of at least 4 members (excludes halogenated alkanes) is 1. The highest BCUT2D eigenvalue weighted by Gasteiger charge is 2.03. The standard InChI is InChI=1S/C16H27NO2/c1-4-5-6-15-7-9-16(10-8-15)19-14(2)13-17-11-12-18-3/h7-10,14,17H,4-6,11-13H2,1-3H3. The fourth-order valence-electron chi connectivity index (χ4n) is 1.87. The fraction of sp³-hybridized carbons (Fsp3) is 0.625. The summed E-state index contributed by atoms with van der Waals surface area (Å²) in [5.74, 6) is 0.946. The van der Waals surface area contributed by atoms with E-state index < -0.39 is 0 Å². The molecule has 19 heavy (non-hydrogen) atoms. The first-order valence-corrected chi connectivity index (χ1v) is 7.21. The van der Waals surface area contributed by atoms with Crippen LogP contribution in [0.1, 0.15) is 32.3 Å². The Morgan fingerprint density at radius 1 is 1.21 bits per heavy atom. The molecule has 0 aliphatic rings. The van der Waals surface area contributed by atoms with E-state index in [1.807, 2.05) is 0 Å². The molecule has 0 bridgehead atoms. The van der Waals surface area contributed by atoms with E-state index in [0.29, 0.717) is 0 Å². The van der Waals surface area contributed by atoms with E-state index in [1.54, 1.807) is 7.11 Å². The summed E-state index contributed by atoms with van der Waals surface area (Å²) in [6, 6.07) is 8.46. The lowest BCUT2D eigenvalue weighted by atomic mass is 10.1. The number of nitrogens with one attached hydrogen (secondary N) is 1. The van der Waals surface area contributed by atoms with Crippen molar-refractivity contribution in [1.29, 1.82) is 0 Å². The van der Waals surface area contributed by atoms with Gasteiger partial charge in [0.25, 0.3) is 0 Å². The monoisotopic (exact) mass is 265 g/mol. The molecule has 0 spiro atoms. The minimum atomic E-state index is 0.165. The van der Waals surface area contributed by atoms with Crippen molar-refractivity contribution >= 4 is 0 Å². The molecule has 0 aliphatic heterocycles. The van der Waals surface area contributed by atoms with E-state index in [9.17, 15) is 0 Å². The number of rotatable bonds is 10. The molecule has 1 N–H and O–H groups in total. The van der Waals surface area contributed by atoms with E-state index in [0.717, 1.165) is 31.9 Å². The maximum Gasteiger partial charge on any atom is 0.119 e. The summed E-state index contributed by atoms with van der Waals surface area (Å²) in [7, 11) is 1.71. The molecule has 0 radical (unpaired) electrons. The summed E-state index contributed by atoms with van der Waals surface area (Å²) in [5.41, 5.74) is 1.39. The van der Waals surface area contributed by atoms with Crippen LogP contribution in [0.3, 0.4) is 0 Å². The Bertz CT molecular complexity index is 324. The third-order valence-electron chi connectivity index (χ3n) is 2.99. The van der Waals surface area contributed by atoms with Gasteiger partial charge in [0, 0.05) is 20.2 Å². The van der Waals surface area contributed by atoms with Crippen LogP contribution < -0.4 is 10.1 Å². The normalized spacial score (nSPS) is 12.4. The SMILES string of the molecule is CCCCc1ccc(OC(C)CNCCOC)cc1. The van der Waals surface area contributed by atoms with E-state index in [4.69, 9.17) is 9.47 Å². The molecule has 3 heteroatoms. The van der Waals surface area contributed by atoms with Crippen molar-refractivity contribution in [3.63, 3.8) is 0 Å². The molecule has 0 amide bonds. The first kappa shape index (κ1) is 16.0. The van der Waals surface area contributed by atoms with Crippen molar-refractivity contribution in [3.8, 4) is 5.75 Å². The minimum absolute atomic E-state index is 0.165. The molecule has 1 aromatic rings. The van der Waals surface area contributed by atoms with Crippen LogP contribution in [0.25, 0.3) is 0 Å². The Kier molecular flexibility index (Phi) is 8.26. The average Bonchev–Trinajstić information content (AvgIpc) is 2.43. The first-order valence-electron chi connectivity index (χ1n) is 7.21. The van der Waals surface area contributed by atoms with Gasteiger partial charge in [0.2, 0.25) is 0 Å². The van der Waals surface area contributed by atoms with Gasteiger partial charge in [-0.3, -0.25) is 0 Å². The number of aryl methyl sites for hydroxylation is 1. The fourth-order valence-corrected chi connectivity index (χ4v) is 1.87. The molecular formula is C16H27NO2. The van der Waals surface area contributed by atoms with Crippen LogP contribution in [0.5, 0.6) is 5.75 Å². The van der Waals surface area contributed by atoms with E-state index in [2.05, 4.69) is 43.4 Å². The summed E-state index contributed by atoms with van der Waals surface area (Å²) in [6.07, 6.45) is 3.81. The lowest BCUT2D eigenvalue weighted by molar-refractivity contribution is 0.184. The number of ether oxygens (including phenoxy) is 2. The van der Waals surface area contributed by atoms with Gasteiger partial charge in [-0.1, -0.05) is 25.5 Å². The summed E-state index contributed by atoms with van der Waals surface area (Å²) in [4.78, 5) is 0. The highest BCUT2D eigenvalue weighted by Crippen LogP contribution is 2.15. The molecule has 0 aliphatic carbocycles. The first-order chi connectivity index (χ1) is 9.26. The van der Waals surface area contributed by atoms with Crippen LogP contribution in [-0.4, -0.2) is 32.9 Å². The molecule has 1 atom stereocenters.